The molecular formula is C18H17F3N4O. The highest BCUT2D eigenvalue weighted by atomic mass is 19.4. The lowest BCUT2D eigenvalue weighted by Crippen LogP contribution is -2.28. The molecule has 2 aromatic heterocycles. The Morgan fingerprint density at radius 1 is 1.12 bits per heavy atom. The van der Waals surface area contributed by atoms with E-state index in [4.69, 9.17) is 0 Å². The first kappa shape index (κ1) is 17.9. The normalized spacial score (nSPS) is 11.7. The third-order valence-electron chi connectivity index (χ3n) is 4.09. The Bertz CT molecular complexity index is 963. The lowest BCUT2D eigenvalue weighted by Gasteiger charge is -2.11. The summed E-state index contributed by atoms with van der Waals surface area (Å²) < 4.78 is 39.9. The number of para-hydroxylation sites is 2. The number of aryl methyl sites for hydroxylation is 2. The molecule has 0 bridgehead atoms. The first-order valence-electron chi connectivity index (χ1n) is 8.02. The number of hydrogen-bond donors (Lipinski definition) is 1. The Kier molecular flexibility index (Phi) is 4.67. The molecule has 3 rings (SSSR count). The number of carbonyl (C=O) groups is 1. The van der Waals surface area contributed by atoms with Gasteiger partial charge in [0, 0.05) is 13.1 Å². The Morgan fingerprint density at radius 3 is 2.54 bits per heavy atom. The molecule has 0 saturated carbocycles. The molecule has 0 atom stereocenters. The summed E-state index contributed by atoms with van der Waals surface area (Å²) in [5.74, 6) is 0.374. The molecule has 0 saturated heterocycles. The van der Waals surface area contributed by atoms with E-state index in [0.29, 0.717) is 13.1 Å². The van der Waals surface area contributed by atoms with E-state index in [9.17, 15) is 18.0 Å². The van der Waals surface area contributed by atoms with Crippen molar-refractivity contribution in [3.63, 3.8) is 0 Å². The highest BCUT2D eigenvalue weighted by molar-refractivity contribution is 5.95. The monoisotopic (exact) mass is 362 g/mol. The van der Waals surface area contributed by atoms with Gasteiger partial charge < -0.3 is 9.88 Å². The maximum Gasteiger partial charge on any atom is 0.433 e. The lowest BCUT2D eigenvalue weighted by molar-refractivity contribution is -0.141. The third kappa shape index (κ3) is 3.54. The van der Waals surface area contributed by atoms with Crippen molar-refractivity contribution in [2.45, 2.75) is 26.6 Å². The van der Waals surface area contributed by atoms with Crippen molar-refractivity contribution in [2.24, 2.45) is 0 Å². The van der Waals surface area contributed by atoms with Gasteiger partial charge >= 0.3 is 6.18 Å². The molecule has 1 N–H and O–H groups in total. The number of benzene rings is 1. The summed E-state index contributed by atoms with van der Waals surface area (Å²) >= 11 is 0. The largest absolute Gasteiger partial charge is 0.433 e. The van der Waals surface area contributed by atoms with E-state index in [1.54, 1.807) is 0 Å². The average molecular weight is 362 g/mol. The van der Waals surface area contributed by atoms with Crippen LogP contribution in [0.25, 0.3) is 11.0 Å². The van der Waals surface area contributed by atoms with Gasteiger partial charge in [-0.1, -0.05) is 12.1 Å². The smallest absolute Gasteiger partial charge is 0.350 e. The number of amides is 1. The zero-order chi connectivity index (χ0) is 18.9. The minimum absolute atomic E-state index is 0.0431. The maximum atomic E-state index is 12.7. The summed E-state index contributed by atoms with van der Waals surface area (Å²) in [5.41, 5.74) is 1.00. The van der Waals surface area contributed by atoms with Crippen molar-refractivity contribution >= 4 is 16.9 Å². The standard InChI is InChI=1S/C18H17F3N4O/c1-11-13(7-8-16(23-11)18(19,20)21)17(26)22-9-10-25-12(2)24-14-5-3-4-6-15(14)25/h3-8H,9-10H2,1-2H3,(H,22,26). The summed E-state index contributed by atoms with van der Waals surface area (Å²) in [6.45, 7) is 4.09. The molecular weight excluding hydrogens is 345 g/mol. The number of hydrogen-bond acceptors (Lipinski definition) is 3. The van der Waals surface area contributed by atoms with Crippen molar-refractivity contribution in [3.05, 3.63) is 59.2 Å². The van der Waals surface area contributed by atoms with Crippen molar-refractivity contribution in [2.75, 3.05) is 6.54 Å². The minimum atomic E-state index is -4.53. The Hall–Kier alpha value is -2.90. The van der Waals surface area contributed by atoms with Crippen molar-refractivity contribution in [1.29, 1.82) is 0 Å². The number of nitrogens with zero attached hydrogens (tertiary/aromatic N) is 3. The van der Waals surface area contributed by atoms with Crippen LogP contribution in [0.15, 0.2) is 36.4 Å². The van der Waals surface area contributed by atoms with Gasteiger partial charge in [-0.15, -0.1) is 0 Å². The van der Waals surface area contributed by atoms with Gasteiger partial charge in [0.2, 0.25) is 0 Å². The number of fused-ring (bicyclic) bond motifs is 1. The van der Waals surface area contributed by atoms with Gasteiger partial charge in [0.05, 0.1) is 22.3 Å². The summed E-state index contributed by atoms with van der Waals surface area (Å²) in [6, 6.07) is 9.64. The summed E-state index contributed by atoms with van der Waals surface area (Å²) in [6.07, 6.45) is -4.53. The van der Waals surface area contributed by atoms with Crippen LogP contribution < -0.4 is 5.32 Å². The van der Waals surface area contributed by atoms with Gasteiger partial charge in [-0.25, -0.2) is 9.97 Å². The highest BCUT2D eigenvalue weighted by Crippen LogP contribution is 2.28. The van der Waals surface area contributed by atoms with Crippen LogP contribution in [0.5, 0.6) is 0 Å². The molecule has 1 amide bonds. The molecule has 2 heterocycles. The zero-order valence-corrected chi connectivity index (χ0v) is 14.3. The number of imidazole rings is 1. The fourth-order valence-corrected chi connectivity index (χ4v) is 2.81. The fraction of sp³-hybridized carbons (Fsp3) is 0.278. The van der Waals surface area contributed by atoms with Crippen LogP contribution in [0.1, 0.15) is 27.6 Å². The molecule has 0 radical (unpaired) electrons. The highest BCUT2D eigenvalue weighted by Gasteiger charge is 2.33. The van der Waals surface area contributed by atoms with Crippen molar-refractivity contribution in [1.82, 2.24) is 19.9 Å². The molecule has 0 aliphatic heterocycles. The first-order valence-corrected chi connectivity index (χ1v) is 8.02. The summed E-state index contributed by atoms with van der Waals surface area (Å²) in [5, 5.41) is 2.72. The minimum Gasteiger partial charge on any atom is -0.350 e. The number of pyridine rings is 1. The molecule has 0 spiro atoms. The number of nitrogens with one attached hydrogen (secondary N) is 1. The van der Waals surface area contributed by atoms with Gasteiger partial charge in [0.15, 0.2) is 0 Å². The molecule has 5 nitrogen and oxygen atoms in total. The maximum absolute atomic E-state index is 12.7. The van der Waals surface area contributed by atoms with Crippen LogP contribution in [0.4, 0.5) is 13.2 Å². The van der Waals surface area contributed by atoms with E-state index in [1.165, 1.54) is 6.92 Å². The van der Waals surface area contributed by atoms with Crippen LogP contribution >= 0.6 is 0 Å². The van der Waals surface area contributed by atoms with Gasteiger partial charge in [-0.3, -0.25) is 4.79 Å². The number of alkyl halides is 3. The second-order valence-corrected chi connectivity index (χ2v) is 5.88. The van der Waals surface area contributed by atoms with Gasteiger partial charge in [-0.2, -0.15) is 13.2 Å². The molecule has 8 heteroatoms. The number of halogens is 3. The SMILES string of the molecule is Cc1nc(C(F)(F)F)ccc1C(=O)NCCn1c(C)nc2ccccc21. The van der Waals surface area contributed by atoms with Gasteiger partial charge in [-0.05, 0) is 38.1 Å². The van der Waals surface area contributed by atoms with Crippen LogP contribution in [-0.2, 0) is 12.7 Å². The Balaban J connectivity index is 1.68. The molecule has 1 aromatic carbocycles. The zero-order valence-electron chi connectivity index (χ0n) is 14.3. The summed E-state index contributed by atoms with van der Waals surface area (Å²) in [4.78, 5) is 20.2. The molecule has 0 unspecified atom stereocenters. The van der Waals surface area contributed by atoms with E-state index in [1.807, 2.05) is 35.8 Å². The molecule has 136 valence electrons. The van der Waals surface area contributed by atoms with Crippen LogP contribution in [0.2, 0.25) is 0 Å². The predicted octanol–water partition coefficient (Wildman–Crippen LogP) is 3.50. The van der Waals surface area contributed by atoms with Crippen molar-refractivity contribution in [3.8, 4) is 0 Å². The molecule has 0 aliphatic rings. The quantitative estimate of drug-likeness (QED) is 0.773. The van der Waals surface area contributed by atoms with Gasteiger partial charge in [0.1, 0.15) is 11.5 Å². The Morgan fingerprint density at radius 2 is 1.85 bits per heavy atom. The van der Waals surface area contributed by atoms with E-state index < -0.39 is 17.8 Å². The second kappa shape index (κ2) is 6.78. The van der Waals surface area contributed by atoms with Crippen LogP contribution in [-0.4, -0.2) is 27.0 Å². The molecule has 0 aliphatic carbocycles. The van der Waals surface area contributed by atoms with Crippen LogP contribution in [0.3, 0.4) is 0 Å². The lowest BCUT2D eigenvalue weighted by atomic mass is 10.1. The topological polar surface area (TPSA) is 59.8 Å². The third-order valence-corrected chi connectivity index (χ3v) is 4.09. The average Bonchev–Trinajstić information content (AvgIpc) is 2.89. The Labute approximate surface area is 147 Å². The number of carbonyl (C=O) groups excluding carboxylic acids is 1. The van der Waals surface area contributed by atoms with Gasteiger partial charge in [0.25, 0.3) is 5.91 Å². The second-order valence-electron chi connectivity index (χ2n) is 5.88. The number of aromatic nitrogens is 3. The predicted molar refractivity (Wildman–Crippen MR) is 90.8 cm³/mol. The summed E-state index contributed by atoms with van der Waals surface area (Å²) in [7, 11) is 0. The molecule has 26 heavy (non-hydrogen) atoms. The van der Waals surface area contributed by atoms with Crippen molar-refractivity contribution < 1.29 is 18.0 Å². The van der Waals surface area contributed by atoms with E-state index >= 15 is 0 Å². The molecule has 3 aromatic rings. The first-order chi connectivity index (χ1) is 12.3. The fourth-order valence-electron chi connectivity index (χ4n) is 2.81. The van der Waals surface area contributed by atoms with Crippen LogP contribution in [0, 0.1) is 13.8 Å². The number of rotatable bonds is 4. The molecule has 0 fully saturated rings. The van der Waals surface area contributed by atoms with E-state index in [-0.39, 0.29) is 11.3 Å². The van der Waals surface area contributed by atoms with E-state index in [0.717, 1.165) is 29.0 Å². The van der Waals surface area contributed by atoms with E-state index in [2.05, 4.69) is 15.3 Å².